The molecule has 6 heteroatoms. The van der Waals surface area contributed by atoms with Crippen molar-refractivity contribution >= 4 is 30.7 Å². The summed E-state index contributed by atoms with van der Waals surface area (Å²) in [7, 11) is 4.05. The third kappa shape index (κ3) is 7.53. The van der Waals surface area contributed by atoms with Crippen molar-refractivity contribution in [3.63, 3.8) is 0 Å². The molecule has 1 amide bonds. The van der Waals surface area contributed by atoms with E-state index in [-0.39, 0.29) is 48.7 Å². The third-order valence-electron chi connectivity index (χ3n) is 4.07. The van der Waals surface area contributed by atoms with Crippen molar-refractivity contribution in [2.75, 3.05) is 20.6 Å². The standard InChI is InChI=1S/C17H29N3O.2ClH/c1-6-14-7-9-15(10-8-14)16(20(4)5)11-19-17(21)12(2)13(3)18;;/h7-10,12-13,16H,6,11,18H2,1-5H3,(H,19,21);2*1H. The van der Waals surface area contributed by atoms with Gasteiger partial charge in [-0.3, -0.25) is 4.79 Å². The van der Waals surface area contributed by atoms with Crippen LogP contribution in [-0.2, 0) is 11.2 Å². The molecule has 0 aliphatic rings. The second kappa shape index (κ2) is 11.7. The molecule has 0 aliphatic heterocycles. The van der Waals surface area contributed by atoms with Crippen LogP contribution in [0.15, 0.2) is 24.3 Å². The van der Waals surface area contributed by atoms with Gasteiger partial charge in [0, 0.05) is 18.5 Å². The number of hydrogen-bond donors (Lipinski definition) is 2. The van der Waals surface area contributed by atoms with E-state index in [0.29, 0.717) is 6.54 Å². The largest absolute Gasteiger partial charge is 0.354 e. The Morgan fingerprint density at radius 3 is 2.09 bits per heavy atom. The van der Waals surface area contributed by atoms with E-state index in [1.54, 1.807) is 0 Å². The molecule has 1 aromatic carbocycles. The maximum atomic E-state index is 12.0. The van der Waals surface area contributed by atoms with E-state index in [1.165, 1.54) is 11.1 Å². The lowest BCUT2D eigenvalue weighted by Gasteiger charge is -2.26. The lowest BCUT2D eigenvalue weighted by Crippen LogP contribution is -2.41. The number of hydrogen-bond acceptors (Lipinski definition) is 3. The number of likely N-dealkylation sites (N-methyl/N-ethyl adjacent to an activating group) is 1. The molecule has 0 heterocycles. The summed E-state index contributed by atoms with van der Waals surface area (Å²) in [4.78, 5) is 14.2. The molecular weight excluding hydrogens is 333 g/mol. The minimum Gasteiger partial charge on any atom is -0.354 e. The maximum Gasteiger partial charge on any atom is 0.224 e. The third-order valence-corrected chi connectivity index (χ3v) is 4.07. The number of amides is 1. The fourth-order valence-corrected chi connectivity index (χ4v) is 2.17. The van der Waals surface area contributed by atoms with Gasteiger partial charge in [0.1, 0.15) is 0 Å². The van der Waals surface area contributed by atoms with Gasteiger partial charge in [-0.15, -0.1) is 24.8 Å². The Labute approximate surface area is 153 Å². The zero-order valence-corrected chi connectivity index (χ0v) is 16.3. The summed E-state index contributed by atoms with van der Waals surface area (Å²) >= 11 is 0. The first-order valence-corrected chi connectivity index (χ1v) is 7.65. The highest BCUT2D eigenvalue weighted by atomic mass is 35.5. The molecule has 23 heavy (non-hydrogen) atoms. The molecule has 0 saturated carbocycles. The number of rotatable bonds is 7. The SMILES string of the molecule is CCc1ccc(C(CNC(=O)C(C)C(C)N)N(C)C)cc1.Cl.Cl. The number of nitrogens with zero attached hydrogens (tertiary/aromatic N) is 1. The van der Waals surface area contributed by atoms with Crippen LogP contribution in [0.5, 0.6) is 0 Å². The van der Waals surface area contributed by atoms with Crippen LogP contribution in [0.1, 0.15) is 37.9 Å². The molecule has 0 aromatic heterocycles. The minimum atomic E-state index is -0.171. The Morgan fingerprint density at radius 2 is 1.70 bits per heavy atom. The molecule has 3 unspecified atom stereocenters. The maximum absolute atomic E-state index is 12.0. The molecular formula is C17H31Cl2N3O. The fraction of sp³-hybridized carbons (Fsp3) is 0.588. The van der Waals surface area contributed by atoms with Crippen molar-refractivity contribution in [3.8, 4) is 0 Å². The quantitative estimate of drug-likeness (QED) is 0.782. The predicted octanol–water partition coefficient (Wildman–Crippen LogP) is 2.79. The summed E-state index contributed by atoms with van der Waals surface area (Å²) in [6, 6.07) is 8.62. The molecule has 0 radical (unpaired) electrons. The van der Waals surface area contributed by atoms with E-state index < -0.39 is 0 Å². The molecule has 134 valence electrons. The average molecular weight is 364 g/mol. The van der Waals surface area contributed by atoms with Gasteiger partial charge in [0.15, 0.2) is 0 Å². The van der Waals surface area contributed by atoms with E-state index in [0.717, 1.165) is 6.42 Å². The van der Waals surface area contributed by atoms with Gasteiger partial charge in [0.05, 0.1) is 6.04 Å². The summed E-state index contributed by atoms with van der Waals surface area (Å²) in [5.74, 6) is -0.155. The van der Waals surface area contributed by atoms with Gasteiger partial charge < -0.3 is 16.0 Å². The van der Waals surface area contributed by atoms with Gasteiger partial charge in [-0.2, -0.15) is 0 Å². The lowest BCUT2D eigenvalue weighted by atomic mass is 10.0. The van der Waals surface area contributed by atoms with Crippen molar-refractivity contribution in [2.24, 2.45) is 11.7 Å². The van der Waals surface area contributed by atoms with Crippen molar-refractivity contribution < 1.29 is 4.79 Å². The van der Waals surface area contributed by atoms with Crippen LogP contribution >= 0.6 is 24.8 Å². The number of nitrogens with one attached hydrogen (secondary N) is 1. The smallest absolute Gasteiger partial charge is 0.224 e. The summed E-state index contributed by atoms with van der Waals surface area (Å²) < 4.78 is 0. The van der Waals surface area contributed by atoms with Crippen LogP contribution in [0.2, 0.25) is 0 Å². The summed E-state index contributed by atoms with van der Waals surface area (Å²) in [6.45, 7) is 6.46. The van der Waals surface area contributed by atoms with E-state index in [9.17, 15) is 4.79 Å². The minimum absolute atomic E-state index is 0. The molecule has 0 aliphatic carbocycles. The number of nitrogens with two attached hydrogens (primary N) is 1. The highest BCUT2D eigenvalue weighted by Crippen LogP contribution is 2.18. The van der Waals surface area contributed by atoms with Crippen molar-refractivity contribution in [2.45, 2.75) is 39.3 Å². The second-order valence-corrected chi connectivity index (χ2v) is 5.97. The van der Waals surface area contributed by atoms with Crippen LogP contribution < -0.4 is 11.1 Å². The van der Waals surface area contributed by atoms with Crippen LogP contribution in [-0.4, -0.2) is 37.5 Å². The number of benzene rings is 1. The van der Waals surface area contributed by atoms with E-state index in [1.807, 2.05) is 27.9 Å². The first-order valence-electron chi connectivity index (χ1n) is 7.65. The van der Waals surface area contributed by atoms with Crippen LogP contribution in [0.4, 0.5) is 0 Å². The second-order valence-electron chi connectivity index (χ2n) is 5.97. The number of aryl methyl sites for hydroxylation is 1. The lowest BCUT2D eigenvalue weighted by molar-refractivity contribution is -0.125. The predicted molar refractivity (Wildman–Crippen MR) is 103 cm³/mol. The van der Waals surface area contributed by atoms with Crippen LogP contribution in [0.25, 0.3) is 0 Å². The van der Waals surface area contributed by atoms with Gasteiger partial charge >= 0.3 is 0 Å². The normalized spacial score (nSPS) is 14.2. The summed E-state index contributed by atoms with van der Waals surface area (Å²) in [5, 5.41) is 3.01. The van der Waals surface area contributed by atoms with Crippen LogP contribution in [0, 0.1) is 5.92 Å². The summed E-state index contributed by atoms with van der Waals surface area (Å²) in [6.07, 6.45) is 1.04. The van der Waals surface area contributed by atoms with Crippen LogP contribution in [0.3, 0.4) is 0 Å². The van der Waals surface area contributed by atoms with Gasteiger partial charge in [-0.05, 0) is 38.6 Å². The number of carbonyl (C=O) groups is 1. The van der Waals surface area contributed by atoms with Gasteiger partial charge in [-0.25, -0.2) is 0 Å². The molecule has 0 bridgehead atoms. The number of carbonyl (C=O) groups excluding carboxylic acids is 1. The monoisotopic (exact) mass is 363 g/mol. The Bertz CT molecular complexity index is 450. The zero-order chi connectivity index (χ0) is 16.0. The Kier molecular flexibility index (Phi) is 12.4. The topological polar surface area (TPSA) is 58.4 Å². The highest BCUT2D eigenvalue weighted by Gasteiger charge is 2.20. The molecule has 0 spiro atoms. The summed E-state index contributed by atoms with van der Waals surface area (Å²) in [5.41, 5.74) is 8.31. The zero-order valence-electron chi connectivity index (χ0n) is 14.7. The molecule has 4 nitrogen and oxygen atoms in total. The Balaban J connectivity index is 0. The molecule has 1 rings (SSSR count). The van der Waals surface area contributed by atoms with Crippen molar-refractivity contribution in [1.29, 1.82) is 0 Å². The van der Waals surface area contributed by atoms with Crippen molar-refractivity contribution in [3.05, 3.63) is 35.4 Å². The first-order chi connectivity index (χ1) is 9.86. The first kappa shape index (κ1) is 24.4. The molecule has 3 atom stereocenters. The molecule has 1 aromatic rings. The molecule has 0 fully saturated rings. The van der Waals surface area contributed by atoms with Gasteiger partial charge in [0.2, 0.25) is 5.91 Å². The molecule has 0 saturated heterocycles. The van der Waals surface area contributed by atoms with E-state index in [2.05, 4.69) is 41.4 Å². The Morgan fingerprint density at radius 1 is 1.17 bits per heavy atom. The highest BCUT2D eigenvalue weighted by molar-refractivity contribution is 5.85. The molecule has 3 N–H and O–H groups in total. The van der Waals surface area contributed by atoms with Gasteiger partial charge in [-0.1, -0.05) is 38.1 Å². The van der Waals surface area contributed by atoms with E-state index in [4.69, 9.17) is 5.73 Å². The van der Waals surface area contributed by atoms with E-state index >= 15 is 0 Å². The van der Waals surface area contributed by atoms with Gasteiger partial charge in [0.25, 0.3) is 0 Å². The Hall–Kier alpha value is -0.810. The number of halogens is 2. The van der Waals surface area contributed by atoms with Crippen molar-refractivity contribution in [1.82, 2.24) is 10.2 Å². The fourth-order valence-electron chi connectivity index (χ4n) is 2.17. The average Bonchev–Trinajstić information content (AvgIpc) is 2.46.